The molecule has 0 aliphatic rings. The average molecular weight is 367 g/mol. The van der Waals surface area contributed by atoms with Crippen LogP contribution in [0.15, 0.2) is 41.7 Å². The van der Waals surface area contributed by atoms with Gasteiger partial charge in [0.1, 0.15) is 11.4 Å². The molecule has 140 valence electrons. The predicted molar refractivity (Wildman–Crippen MR) is 91.4 cm³/mol. The predicted octanol–water partition coefficient (Wildman–Crippen LogP) is 3.96. The number of rotatable bonds is 4. The molecule has 26 heavy (non-hydrogen) atoms. The minimum Gasteiger partial charge on any atom is -0.487 e. The number of nitrogens with zero attached hydrogens (tertiary/aromatic N) is 2. The molecular formula is C18H20F3N3O2. The molecule has 2 aromatic rings. The number of oxime groups is 1. The Morgan fingerprint density at radius 3 is 2.27 bits per heavy atom. The summed E-state index contributed by atoms with van der Waals surface area (Å²) in [4.78, 5) is 4.23. The summed E-state index contributed by atoms with van der Waals surface area (Å²) < 4.78 is 43.9. The zero-order valence-corrected chi connectivity index (χ0v) is 14.6. The van der Waals surface area contributed by atoms with E-state index in [0.29, 0.717) is 22.6 Å². The summed E-state index contributed by atoms with van der Waals surface area (Å²) in [5.74, 6) is 0.198. The van der Waals surface area contributed by atoms with Gasteiger partial charge in [-0.05, 0) is 44.5 Å². The third kappa shape index (κ3) is 4.87. The molecule has 1 aromatic heterocycles. The SMILES string of the molecule is CC(C)(C)Oc1ccnc(Cc2ccc(C(F)(F)F)cc2)c1C(N)=NO. The smallest absolute Gasteiger partial charge is 0.416 e. The van der Waals surface area contributed by atoms with Crippen molar-refractivity contribution < 1.29 is 23.1 Å². The highest BCUT2D eigenvalue weighted by molar-refractivity contribution is 6.00. The van der Waals surface area contributed by atoms with Gasteiger partial charge in [0.15, 0.2) is 5.84 Å². The molecule has 1 aromatic carbocycles. The number of hydrogen-bond acceptors (Lipinski definition) is 4. The van der Waals surface area contributed by atoms with Crippen molar-refractivity contribution in [1.29, 1.82) is 0 Å². The third-order valence-corrected chi connectivity index (χ3v) is 3.42. The van der Waals surface area contributed by atoms with Crippen LogP contribution in [0.4, 0.5) is 13.2 Å². The largest absolute Gasteiger partial charge is 0.487 e. The molecule has 0 saturated heterocycles. The summed E-state index contributed by atoms with van der Waals surface area (Å²) in [6.07, 6.45) is -2.68. The van der Waals surface area contributed by atoms with E-state index in [0.717, 1.165) is 12.1 Å². The minimum absolute atomic E-state index is 0.181. The van der Waals surface area contributed by atoms with Crippen molar-refractivity contribution in [3.05, 3.63) is 58.9 Å². The van der Waals surface area contributed by atoms with E-state index in [-0.39, 0.29) is 12.3 Å². The highest BCUT2D eigenvalue weighted by atomic mass is 19.4. The molecule has 0 unspecified atom stereocenters. The van der Waals surface area contributed by atoms with Crippen LogP contribution >= 0.6 is 0 Å². The molecule has 0 bridgehead atoms. The zero-order valence-electron chi connectivity index (χ0n) is 14.6. The Labute approximate surface area is 149 Å². The van der Waals surface area contributed by atoms with Gasteiger partial charge in [0.05, 0.1) is 16.8 Å². The number of alkyl halides is 3. The molecule has 0 spiro atoms. The van der Waals surface area contributed by atoms with Crippen LogP contribution in [0, 0.1) is 0 Å². The van der Waals surface area contributed by atoms with Gasteiger partial charge in [-0.1, -0.05) is 17.3 Å². The van der Waals surface area contributed by atoms with E-state index in [4.69, 9.17) is 15.7 Å². The van der Waals surface area contributed by atoms with E-state index in [1.165, 1.54) is 18.3 Å². The second-order valence-corrected chi connectivity index (χ2v) is 6.70. The van der Waals surface area contributed by atoms with Crippen LogP contribution in [0.2, 0.25) is 0 Å². The van der Waals surface area contributed by atoms with Crippen molar-refractivity contribution in [2.45, 2.75) is 39.0 Å². The zero-order chi connectivity index (χ0) is 19.5. The van der Waals surface area contributed by atoms with E-state index < -0.39 is 17.3 Å². The van der Waals surface area contributed by atoms with Crippen molar-refractivity contribution in [1.82, 2.24) is 4.98 Å². The van der Waals surface area contributed by atoms with Crippen molar-refractivity contribution in [3.8, 4) is 5.75 Å². The number of nitrogens with two attached hydrogens (primary N) is 1. The van der Waals surface area contributed by atoms with E-state index >= 15 is 0 Å². The lowest BCUT2D eigenvalue weighted by atomic mass is 10.0. The lowest BCUT2D eigenvalue weighted by Crippen LogP contribution is -2.26. The minimum atomic E-state index is -4.39. The molecule has 0 atom stereocenters. The molecule has 0 amide bonds. The first kappa shape index (κ1) is 19.6. The highest BCUT2D eigenvalue weighted by Gasteiger charge is 2.30. The van der Waals surface area contributed by atoms with Gasteiger partial charge in [-0.2, -0.15) is 13.2 Å². The topological polar surface area (TPSA) is 80.7 Å². The first-order valence-electron chi connectivity index (χ1n) is 7.82. The Hall–Kier alpha value is -2.77. The number of hydrogen-bond donors (Lipinski definition) is 2. The van der Waals surface area contributed by atoms with E-state index in [9.17, 15) is 13.2 Å². The summed E-state index contributed by atoms with van der Waals surface area (Å²) in [7, 11) is 0. The van der Waals surface area contributed by atoms with Crippen LogP contribution in [0.5, 0.6) is 5.75 Å². The van der Waals surface area contributed by atoms with Gasteiger partial charge in [0.25, 0.3) is 0 Å². The van der Waals surface area contributed by atoms with Crippen LogP contribution in [0.1, 0.15) is 43.2 Å². The van der Waals surface area contributed by atoms with Crippen molar-refractivity contribution in [2.24, 2.45) is 10.9 Å². The quantitative estimate of drug-likeness (QED) is 0.371. The Morgan fingerprint density at radius 2 is 1.77 bits per heavy atom. The van der Waals surface area contributed by atoms with Gasteiger partial charge in [0, 0.05) is 12.6 Å². The molecule has 0 aliphatic heterocycles. The van der Waals surface area contributed by atoms with Crippen LogP contribution < -0.4 is 10.5 Å². The maximum Gasteiger partial charge on any atom is 0.416 e. The number of aromatic nitrogens is 1. The van der Waals surface area contributed by atoms with Gasteiger partial charge in [-0.25, -0.2) is 0 Å². The van der Waals surface area contributed by atoms with Crippen molar-refractivity contribution in [2.75, 3.05) is 0 Å². The Bertz CT molecular complexity index is 795. The first-order chi connectivity index (χ1) is 12.0. The standard InChI is InChI=1S/C18H20F3N3O2/c1-17(2,3)26-14-8-9-23-13(15(14)16(22)24-25)10-11-4-6-12(7-5-11)18(19,20)21/h4-9,25H,10H2,1-3H3,(H2,22,24). The Balaban J connectivity index is 2.41. The molecular weight excluding hydrogens is 347 g/mol. The van der Waals surface area contributed by atoms with E-state index in [1.54, 1.807) is 6.07 Å². The third-order valence-electron chi connectivity index (χ3n) is 3.42. The Kier molecular flexibility index (Phi) is 5.44. The molecule has 1 heterocycles. The number of benzene rings is 1. The van der Waals surface area contributed by atoms with Crippen LogP contribution in [0.3, 0.4) is 0 Å². The molecule has 3 N–H and O–H groups in total. The lowest BCUT2D eigenvalue weighted by Gasteiger charge is -2.23. The molecule has 0 fully saturated rings. The average Bonchev–Trinajstić information content (AvgIpc) is 2.52. The molecule has 8 heteroatoms. The van der Waals surface area contributed by atoms with Gasteiger partial charge >= 0.3 is 6.18 Å². The number of ether oxygens (including phenoxy) is 1. The molecule has 0 aliphatic carbocycles. The van der Waals surface area contributed by atoms with Gasteiger partial charge < -0.3 is 15.7 Å². The first-order valence-corrected chi connectivity index (χ1v) is 7.82. The molecule has 2 rings (SSSR count). The lowest BCUT2D eigenvalue weighted by molar-refractivity contribution is -0.137. The molecule has 5 nitrogen and oxygen atoms in total. The van der Waals surface area contributed by atoms with Crippen LogP contribution in [0.25, 0.3) is 0 Å². The summed E-state index contributed by atoms with van der Waals surface area (Å²) in [6, 6.07) is 6.35. The van der Waals surface area contributed by atoms with Crippen LogP contribution in [-0.4, -0.2) is 21.6 Å². The van der Waals surface area contributed by atoms with E-state index in [2.05, 4.69) is 10.1 Å². The normalized spacial score (nSPS) is 12.9. The summed E-state index contributed by atoms with van der Waals surface area (Å²) in [6.45, 7) is 5.54. The van der Waals surface area contributed by atoms with Gasteiger partial charge in [0.2, 0.25) is 0 Å². The highest BCUT2D eigenvalue weighted by Crippen LogP contribution is 2.30. The van der Waals surface area contributed by atoms with Crippen molar-refractivity contribution in [3.63, 3.8) is 0 Å². The second kappa shape index (κ2) is 7.23. The maximum atomic E-state index is 12.7. The number of amidine groups is 1. The van der Waals surface area contributed by atoms with E-state index in [1.807, 2.05) is 20.8 Å². The summed E-state index contributed by atoms with van der Waals surface area (Å²) in [5.41, 5.74) is 5.87. The fourth-order valence-electron chi connectivity index (χ4n) is 2.36. The number of halogens is 3. The van der Waals surface area contributed by atoms with Gasteiger partial charge in [-0.15, -0.1) is 0 Å². The Morgan fingerprint density at radius 1 is 1.15 bits per heavy atom. The fourth-order valence-corrected chi connectivity index (χ4v) is 2.36. The fraction of sp³-hybridized carbons (Fsp3) is 0.333. The summed E-state index contributed by atoms with van der Waals surface area (Å²) in [5, 5.41) is 12.1. The molecule has 0 radical (unpaired) electrons. The van der Waals surface area contributed by atoms with Crippen molar-refractivity contribution >= 4 is 5.84 Å². The molecule has 0 saturated carbocycles. The second-order valence-electron chi connectivity index (χ2n) is 6.70. The van der Waals surface area contributed by atoms with Crippen LogP contribution in [-0.2, 0) is 12.6 Å². The van der Waals surface area contributed by atoms with Gasteiger partial charge in [-0.3, -0.25) is 4.98 Å². The monoisotopic (exact) mass is 367 g/mol. The summed E-state index contributed by atoms with van der Waals surface area (Å²) >= 11 is 0. The maximum absolute atomic E-state index is 12.7. The number of pyridine rings is 1.